The number of hydrogen-bond acceptors (Lipinski definition) is 3. The number of hydrogen-bond donors (Lipinski definition) is 1. The molecule has 152 valence electrons. The lowest BCUT2D eigenvalue weighted by molar-refractivity contribution is -0.141. The monoisotopic (exact) mass is 394 g/mol. The SMILES string of the molecule is Cc1cccc(Cn2cccc(C(=O)N3[C@H](C(=O)O)C[C@@H]4CCCC[C@@H]43)c2=O)c1. The van der Waals surface area contributed by atoms with Gasteiger partial charge in [0, 0.05) is 12.2 Å². The van der Waals surface area contributed by atoms with Crippen LogP contribution >= 0.6 is 0 Å². The first-order valence-corrected chi connectivity index (χ1v) is 10.3. The lowest BCUT2D eigenvalue weighted by Gasteiger charge is -2.33. The van der Waals surface area contributed by atoms with E-state index in [2.05, 4.69) is 0 Å². The number of rotatable bonds is 4. The van der Waals surface area contributed by atoms with Gasteiger partial charge in [0.15, 0.2) is 0 Å². The molecule has 2 heterocycles. The highest BCUT2D eigenvalue weighted by Gasteiger charge is 2.48. The summed E-state index contributed by atoms with van der Waals surface area (Å²) in [7, 11) is 0. The van der Waals surface area contributed by atoms with E-state index < -0.39 is 17.9 Å². The Morgan fingerprint density at radius 2 is 1.93 bits per heavy atom. The summed E-state index contributed by atoms with van der Waals surface area (Å²) in [5.74, 6) is -1.22. The van der Waals surface area contributed by atoms with Gasteiger partial charge in [-0.2, -0.15) is 0 Å². The summed E-state index contributed by atoms with van der Waals surface area (Å²) >= 11 is 0. The molecule has 1 aliphatic carbocycles. The maximum Gasteiger partial charge on any atom is 0.326 e. The molecule has 0 radical (unpaired) electrons. The minimum Gasteiger partial charge on any atom is -0.480 e. The van der Waals surface area contributed by atoms with Crippen molar-refractivity contribution in [2.24, 2.45) is 5.92 Å². The maximum absolute atomic E-state index is 13.3. The summed E-state index contributed by atoms with van der Waals surface area (Å²) < 4.78 is 1.52. The Balaban J connectivity index is 1.66. The van der Waals surface area contributed by atoms with Crippen LogP contribution in [0.1, 0.15) is 53.6 Å². The Bertz CT molecular complexity index is 996. The molecule has 0 unspecified atom stereocenters. The fourth-order valence-electron chi connectivity index (χ4n) is 4.94. The highest BCUT2D eigenvalue weighted by atomic mass is 16.4. The van der Waals surface area contributed by atoms with Gasteiger partial charge in [0.05, 0.1) is 6.54 Å². The van der Waals surface area contributed by atoms with Crippen LogP contribution in [0.2, 0.25) is 0 Å². The number of aromatic nitrogens is 1. The lowest BCUT2D eigenvalue weighted by atomic mass is 9.84. The van der Waals surface area contributed by atoms with Crippen molar-refractivity contribution < 1.29 is 14.7 Å². The van der Waals surface area contributed by atoms with Gasteiger partial charge in [-0.3, -0.25) is 9.59 Å². The smallest absolute Gasteiger partial charge is 0.326 e. The number of likely N-dealkylation sites (tertiary alicyclic amines) is 1. The third-order valence-corrected chi connectivity index (χ3v) is 6.29. The summed E-state index contributed by atoms with van der Waals surface area (Å²) in [6, 6.07) is 10.2. The average Bonchev–Trinajstić information content (AvgIpc) is 3.09. The second-order valence-electron chi connectivity index (χ2n) is 8.26. The van der Waals surface area contributed by atoms with Crippen molar-refractivity contribution in [1.82, 2.24) is 9.47 Å². The zero-order valence-electron chi connectivity index (χ0n) is 16.6. The normalized spacial score (nSPS) is 23.6. The molecule has 0 bridgehead atoms. The van der Waals surface area contributed by atoms with E-state index in [0.717, 1.165) is 36.8 Å². The van der Waals surface area contributed by atoms with E-state index in [1.54, 1.807) is 12.3 Å². The van der Waals surface area contributed by atoms with Crippen molar-refractivity contribution in [2.45, 2.75) is 57.7 Å². The number of fused-ring (bicyclic) bond motifs is 1. The average molecular weight is 394 g/mol. The van der Waals surface area contributed by atoms with E-state index in [4.69, 9.17) is 0 Å². The number of aliphatic carboxylic acids is 1. The largest absolute Gasteiger partial charge is 0.480 e. The molecule has 6 nitrogen and oxygen atoms in total. The number of pyridine rings is 1. The third-order valence-electron chi connectivity index (χ3n) is 6.29. The van der Waals surface area contributed by atoms with Crippen LogP contribution in [0.4, 0.5) is 0 Å². The first-order chi connectivity index (χ1) is 14.0. The number of aryl methyl sites for hydroxylation is 1. The van der Waals surface area contributed by atoms with Crippen molar-refractivity contribution in [3.8, 4) is 0 Å². The first-order valence-electron chi connectivity index (χ1n) is 10.3. The number of amides is 1. The van der Waals surface area contributed by atoms with Crippen LogP contribution < -0.4 is 5.56 Å². The van der Waals surface area contributed by atoms with Gasteiger partial charge in [-0.05, 0) is 49.8 Å². The van der Waals surface area contributed by atoms with Gasteiger partial charge >= 0.3 is 5.97 Å². The van der Waals surface area contributed by atoms with Gasteiger partial charge in [0.25, 0.3) is 11.5 Å². The van der Waals surface area contributed by atoms with Gasteiger partial charge in [-0.1, -0.05) is 42.7 Å². The fraction of sp³-hybridized carbons (Fsp3) is 0.435. The summed E-state index contributed by atoms with van der Waals surface area (Å²) in [4.78, 5) is 39.7. The Hall–Kier alpha value is -2.89. The Labute approximate surface area is 169 Å². The summed E-state index contributed by atoms with van der Waals surface area (Å²) in [5.41, 5.74) is 1.76. The Morgan fingerprint density at radius 3 is 2.69 bits per heavy atom. The lowest BCUT2D eigenvalue weighted by Crippen LogP contribution is -2.48. The van der Waals surface area contributed by atoms with Crippen LogP contribution in [0.5, 0.6) is 0 Å². The number of carboxylic acid groups (broad SMARTS) is 1. The van der Waals surface area contributed by atoms with Crippen LogP contribution in [0.15, 0.2) is 47.4 Å². The molecule has 1 N–H and O–H groups in total. The van der Waals surface area contributed by atoms with E-state index in [9.17, 15) is 19.5 Å². The van der Waals surface area contributed by atoms with Gasteiger partial charge in [-0.15, -0.1) is 0 Å². The molecule has 1 aromatic heterocycles. The van der Waals surface area contributed by atoms with E-state index in [1.807, 2.05) is 31.2 Å². The molecule has 2 fully saturated rings. The molecule has 6 heteroatoms. The van der Waals surface area contributed by atoms with Crippen molar-refractivity contribution in [1.29, 1.82) is 0 Å². The van der Waals surface area contributed by atoms with Gasteiger partial charge < -0.3 is 14.6 Å². The predicted octanol–water partition coefficient (Wildman–Crippen LogP) is 3.06. The molecule has 1 saturated heterocycles. The van der Waals surface area contributed by atoms with Crippen LogP contribution in [-0.2, 0) is 11.3 Å². The molecule has 2 aliphatic rings. The van der Waals surface area contributed by atoms with E-state index in [1.165, 1.54) is 15.5 Å². The van der Waals surface area contributed by atoms with Crippen LogP contribution in [0.25, 0.3) is 0 Å². The molecule has 4 rings (SSSR count). The van der Waals surface area contributed by atoms with E-state index in [0.29, 0.717) is 13.0 Å². The zero-order valence-corrected chi connectivity index (χ0v) is 16.6. The second-order valence-corrected chi connectivity index (χ2v) is 8.26. The van der Waals surface area contributed by atoms with Gasteiger partial charge in [0.1, 0.15) is 11.6 Å². The maximum atomic E-state index is 13.3. The Kier molecular flexibility index (Phi) is 5.26. The molecule has 1 saturated carbocycles. The molecule has 0 spiro atoms. The number of carbonyl (C=O) groups is 2. The minimum absolute atomic E-state index is 0.0534. The molecule has 2 aromatic rings. The van der Waals surface area contributed by atoms with Crippen molar-refractivity contribution >= 4 is 11.9 Å². The molecular formula is C23H26N2O4. The van der Waals surface area contributed by atoms with Crippen LogP contribution in [0.3, 0.4) is 0 Å². The molecular weight excluding hydrogens is 368 g/mol. The second kappa shape index (κ2) is 7.85. The van der Waals surface area contributed by atoms with Gasteiger partial charge in [-0.25, -0.2) is 4.79 Å². The van der Waals surface area contributed by atoms with Crippen LogP contribution in [-0.4, -0.2) is 38.5 Å². The molecule has 1 aromatic carbocycles. The Morgan fingerprint density at radius 1 is 1.14 bits per heavy atom. The third kappa shape index (κ3) is 3.71. The number of carboxylic acids is 1. The van der Waals surface area contributed by atoms with E-state index >= 15 is 0 Å². The van der Waals surface area contributed by atoms with Crippen molar-refractivity contribution in [3.63, 3.8) is 0 Å². The van der Waals surface area contributed by atoms with Gasteiger partial charge in [0.2, 0.25) is 0 Å². The molecule has 3 atom stereocenters. The summed E-state index contributed by atoms with van der Waals surface area (Å²) in [6.45, 7) is 2.36. The summed E-state index contributed by atoms with van der Waals surface area (Å²) in [6.07, 6.45) is 5.97. The standard InChI is InChI=1S/C23H26N2O4/c1-15-6-4-7-16(12-15)14-24-11-5-9-18(21(24)26)22(27)25-19-10-3-2-8-17(19)13-20(25)23(28)29/h4-7,9,11-12,17,19-20H,2-3,8,10,13-14H2,1H3,(H,28,29)/t17-,19-,20-/m0/s1. The quantitative estimate of drug-likeness (QED) is 0.864. The minimum atomic E-state index is -0.983. The highest BCUT2D eigenvalue weighted by molar-refractivity contribution is 5.97. The van der Waals surface area contributed by atoms with Crippen LogP contribution in [0, 0.1) is 12.8 Å². The number of nitrogens with zero attached hydrogens (tertiary/aromatic N) is 2. The number of benzene rings is 1. The molecule has 29 heavy (non-hydrogen) atoms. The first kappa shape index (κ1) is 19.4. The zero-order chi connectivity index (χ0) is 20.5. The number of carbonyl (C=O) groups excluding carboxylic acids is 1. The summed E-state index contributed by atoms with van der Waals surface area (Å²) in [5, 5.41) is 9.69. The highest BCUT2D eigenvalue weighted by Crippen LogP contribution is 2.40. The van der Waals surface area contributed by atoms with E-state index in [-0.39, 0.29) is 23.1 Å². The molecule has 1 aliphatic heterocycles. The fourth-order valence-corrected chi connectivity index (χ4v) is 4.94. The predicted molar refractivity (Wildman–Crippen MR) is 109 cm³/mol. The van der Waals surface area contributed by atoms with Crippen molar-refractivity contribution in [3.05, 3.63) is 69.6 Å². The van der Waals surface area contributed by atoms with Crippen molar-refractivity contribution in [2.75, 3.05) is 0 Å². The molecule has 1 amide bonds. The topological polar surface area (TPSA) is 79.6 Å².